The second-order valence-electron chi connectivity index (χ2n) is 7.81. The Morgan fingerprint density at radius 2 is 1.72 bits per heavy atom. The summed E-state index contributed by atoms with van der Waals surface area (Å²) in [6, 6.07) is 14.0. The van der Waals surface area contributed by atoms with Crippen LogP contribution in [0.15, 0.2) is 81.1 Å². The number of rotatable bonds is 7. The van der Waals surface area contributed by atoms with E-state index in [1.165, 1.54) is 61.3 Å². The largest absolute Gasteiger partial charge is 0.573 e. The van der Waals surface area contributed by atoms with Crippen LogP contribution in [0.4, 0.5) is 13.2 Å². The van der Waals surface area contributed by atoms with Gasteiger partial charge in [0, 0.05) is 31.9 Å². The summed E-state index contributed by atoms with van der Waals surface area (Å²) in [6.07, 6.45) is -3.31. The van der Waals surface area contributed by atoms with Gasteiger partial charge in [0.15, 0.2) is 0 Å². The number of ether oxygens (including phenoxy) is 1. The van der Waals surface area contributed by atoms with E-state index in [1.54, 1.807) is 12.1 Å². The number of hydrogen-bond donors (Lipinski definition) is 0. The van der Waals surface area contributed by atoms with E-state index in [1.807, 2.05) is 0 Å². The lowest BCUT2D eigenvalue weighted by Crippen LogP contribution is -2.23. The van der Waals surface area contributed by atoms with Crippen molar-refractivity contribution in [2.24, 2.45) is 0 Å². The van der Waals surface area contributed by atoms with Crippen LogP contribution in [0.5, 0.6) is 5.75 Å². The average molecular weight is 520 g/mol. The number of sulfonamides is 1. The third-order valence-electron chi connectivity index (χ3n) is 5.03. The third kappa shape index (κ3) is 5.63. The topological polar surface area (TPSA) is 108 Å². The molecule has 4 rings (SSSR count). The Hall–Kier alpha value is -3.97. The molecule has 0 radical (unpaired) electrons. The Morgan fingerprint density at radius 1 is 1.03 bits per heavy atom. The molecule has 0 saturated carbocycles. The molecule has 2 aromatic heterocycles. The normalized spacial score (nSPS) is 12.2. The first-order chi connectivity index (χ1) is 16.9. The Labute approximate surface area is 203 Å². The maximum Gasteiger partial charge on any atom is 0.573 e. The molecule has 2 aromatic carbocycles. The fraction of sp³-hybridized carbons (Fsp3) is 0.174. The number of nitrogens with zero attached hydrogens (tertiary/aromatic N) is 4. The third-order valence-corrected chi connectivity index (χ3v) is 6.84. The van der Waals surface area contributed by atoms with Crippen molar-refractivity contribution < 1.29 is 30.8 Å². The Kier molecular flexibility index (Phi) is 6.69. The van der Waals surface area contributed by atoms with E-state index in [-0.39, 0.29) is 34.5 Å². The van der Waals surface area contributed by atoms with Crippen LogP contribution in [0, 0.1) is 0 Å². The summed E-state index contributed by atoms with van der Waals surface area (Å²) >= 11 is 0. The molecule has 0 aliphatic rings. The van der Waals surface area contributed by atoms with Crippen LogP contribution in [-0.2, 0) is 16.6 Å². The van der Waals surface area contributed by atoms with Gasteiger partial charge in [-0.25, -0.2) is 12.7 Å². The van der Waals surface area contributed by atoms with Crippen molar-refractivity contribution in [1.29, 1.82) is 0 Å². The fourth-order valence-electron chi connectivity index (χ4n) is 3.26. The maximum atomic E-state index is 12.4. The highest BCUT2D eigenvalue weighted by Crippen LogP contribution is 2.27. The summed E-state index contributed by atoms with van der Waals surface area (Å²) in [5, 5.41) is 3.85. The quantitative estimate of drug-likeness (QED) is 0.365. The zero-order valence-electron chi connectivity index (χ0n) is 18.9. The van der Waals surface area contributed by atoms with Crippen molar-refractivity contribution in [1.82, 2.24) is 19.0 Å². The van der Waals surface area contributed by atoms with Gasteiger partial charge in [0.05, 0.1) is 17.0 Å². The molecule has 0 N–H and O–H groups in total. The highest BCUT2D eigenvalue weighted by atomic mass is 32.2. The molecule has 0 fully saturated rings. The minimum absolute atomic E-state index is 0.0818. The smallest absolute Gasteiger partial charge is 0.406 e. The number of aromatic nitrogens is 3. The minimum Gasteiger partial charge on any atom is -0.406 e. The molecular formula is C23H19F3N4O5S. The summed E-state index contributed by atoms with van der Waals surface area (Å²) in [7, 11) is -0.780. The molecule has 0 atom stereocenters. The van der Waals surface area contributed by atoms with Gasteiger partial charge in [-0.2, -0.15) is 4.98 Å². The lowest BCUT2D eigenvalue weighted by Gasteiger charge is -2.13. The van der Waals surface area contributed by atoms with Crippen molar-refractivity contribution in [3.63, 3.8) is 0 Å². The molecule has 2 heterocycles. The zero-order chi connectivity index (χ0) is 26.1. The first kappa shape index (κ1) is 25.1. The van der Waals surface area contributed by atoms with Gasteiger partial charge in [0.1, 0.15) is 5.75 Å². The first-order valence-corrected chi connectivity index (χ1v) is 11.8. The van der Waals surface area contributed by atoms with Crippen LogP contribution in [-0.4, -0.2) is 47.9 Å². The molecule has 0 aliphatic heterocycles. The fourth-order valence-corrected chi connectivity index (χ4v) is 4.23. The molecule has 9 nitrogen and oxygen atoms in total. The van der Waals surface area contributed by atoms with Gasteiger partial charge < -0.3 is 13.8 Å². The number of hydrogen-bond acceptors (Lipinski definition) is 7. The lowest BCUT2D eigenvalue weighted by atomic mass is 10.2. The molecular weight excluding hydrogens is 501 g/mol. The van der Waals surface area contributed by atoms with E-state index in [0.717, 1.165) is 16.4 Å². The Bertz CT molecular complexity index is 1540. The van der Waals surface area contributed by atoms with Gasteiger partial charge in [-0.15, -0.1) is 13.2 Å². The summed E-state index contributed by atoms with van der Waals surface area (Å²) in [5.41, 5.74) is 1.07. The van der Waals surface area contributed by atoms with Crippen molar-refractivity contribution in [2.45, 2.75) is 17.8 Å². The van der Waals surface area contributed by atoms with Crippen LogP contribution in [0.2, 0.25) is 0 Å². The monoisotopic (exact) mass is 520 g/mol. The van der Waals surface area contributed by atoms with Gasteiger partial charge in [-0.1, -0.05) is 17.3 Å². The van der Waals surface area contributed by atoms with Gasteiger partial charge in [-0.3, -0.25) is 4.79 Å². The summed E-state index contributed by atoms with van der Waals surface area (Å²) in [4.78, 5) is 16.8. The van der Waals surface area contributed by atoms with Crippen LogP contribution < -0.4 is 10.3 Å². The highest BCUT2D eigenvalue weighted by molar-refractivity contribution is 7.89. The van der Waals surface area contributed by atoms with Crippen LogP contribution in [0.3, 0.4) is 0 Å². The van der Waals surface area contributed by atoms with Crippen LogP contribution in [0.1, 0.15) is 5.56 Å². The van der Waals surface area contributed by atoms with Gasteiger partial charge in [0.2, 0.25) is 15.8 Å². The Balaban J connectivity index is 1.57. The number of pyridine rings is 1. The summed E-state index contributed by atoms with van der Waals surface area (Å²) in [5.74, 6) is -0.175. The molecule has 0 saturated heterocycles. The van der Waals surface area contributed by atoms with Crippen molar-refractivity contribution in [3.05, 3.63) is 82.8 Å². The SMILES string of the molecule is CN(C)S(=O)(=O)c1cccc(Cn2cc(-c3nc(-c4ccc(OC(F)(F)F)cc4)no3)ccc2=O)c1. The standard InChI is InChI=1S/C23H19F3N4O5S/c1-29(2)36(32,33)19-5-3-4-15(12-19)13-30-14-17(8-11-20(30)31)22-27-21(28-35-22)16-6-9-18(10-7-16)34-23(24,25)26/h3-12,14H,13H2,1-2H3. The molecule has 36 heavy (non-hydrogen) atoms. The van der Waals surface area contributed by atoms with Crippen molar-refractivity contribution in [3.8, 4) is 28.6 Å². The van der Waals surface area contributed by atoms with Gasteiger partial charge in [0.25, 0.3) is 11.4 Å². The van der Waals surface area contributed by atoms with E-state index in [9.17, 15) is 26.4 Å². The molecule has 0 bridgehead atoms. The predicted octanol–water partition coefficient (Wildman–Crippen LogP) is 3.76. The van der Waals surface area contributed by atoms with Gasteiger partial charge >= 0.3 is 6.36 Å². The minimum atomic E-state index is -4.80. The van der Waals surface area contributed by atoms with E-state index in [2.05, 4.69) is 14.9 Å². The number of alkyl halides is 3. The molecule has 13 heteroatoms. The van der Waals surface area contributed by atoms with Gasteiger partial charge in [-0.05, 0) is 48.0 Å². The van der Waals surface area contributed by atoms with E-state index in [0.29, 0.717) is 16.7 Å². The van der Waals surface area contributed by atoms with E-state index < -0.39 is 16.4 Å². The molecule has 4 aromatic rings. The Morgan fingerprint density at radius 3 is 2.39 bits per heavy atom. The van der Waals surface area contributed by atoms with E-state index in [4.69, 9.17) is 4.52 Å². The number of halogens is 3. The van der Waals surface area contributed by atoms with Crippen LogP contribution in [0.25, 0.3) is 22.8 Å². The second-order valence-corrected chi connectivity index (χ2v) is 9.97. The molecule has 0 aliphatic carbocycles. The van der Waals surface area contributed by atoms with Crippen molar-refractivity contribution in [2.75, 3.05) is 14.1 Å². The lowest BCUT2D eigenvalue weighted by molar-refractivity contribution is -0.274. The maximum absolute atomic E-state index is 12.4. The highest BCUT2D eigenvalue weighted by Gasteiger charge is 2.31. The zero-order valence-corrected chi connectivity index (χ0v) is 19.7. The molecule has 188 valence electrons. The molecule has 0 unspecified atom stereocenters. The number of benzene rings is 2. The van der Waals surface area contributed by atoms with Crippen LogP contribution >= 0.6 is 0 Å². The van der Waals surface area contributed by atoms with E-state index >= 15 is 0 Å². The second kappa shape index (κ2) is 9.59. The van der Waals surface area contributed by atoms with Crippen molar-refractivity contribution >= 4 is 10.0 Å². The molecule has 0 spiro atoms. The molecule has 0 amide bonds. The predicted molar refractivity (Wildman–Crippen MR) is 123 cm³/mol. The first-order valence-electron chi connectivity index (χ1n) is 10.3. The summed E-state index contributed by atoms with van der Waals surface area (Å²) < 4.78 is 73.4. The summed E-state index contributed by atoms with van der Waals surface area (Å²) in [6.45, 7) is 0.0884. The average Bonchev–Trinajstić information content (AvgIpc) is 3.30.